The number of amides is 1. The van der Waals surface area contributed by atoms with Gasteiger partial charge in [0, 0.05) is 41.6 Å². The topological polar surface area (TPSA) is 140 Å². The molecule has 268 valence electrons. The molecule has 4 rings (SSSR count). The predicted octanol–water partition coefficient (Wildman–Crippen LogP) is 8.19. The third-order valence-corrected chi connectivity index (χ3v) is 9.50. The summed E-state index contributed by atoms with van der Waals surface area (Å²) in [6.07, 6.45) is 8.63. The maximum Gasteiger partial charge on any atom is 0.272 e. The first-order valence-electron chi connectivity index (χ1n) is 17.3. The Labute approximate surface area is 294 Å². The molecule has 1 aromatic heterocycles. The molecule has 0 fully saturated rings. The van der Waals surface area contributed by atoms with Crippen molar-refractivity contribution in [1.29, 1.82) is 0 Å². The van der Waals surface area contributed by atoms with Crippen LogP contribution < -0.4 is 9.04 Å². The summed E-state index contributed by atoms with van der Waals surface area (Å²) in [7, 11) is -4.16. The summed E-state index contributed by atoms with van der Waals surface area (Å²) < 4.78 is 38.7. The molecule has 1 amide bonds. The SMILES string of the molecule is CCCCc1oc2ccc(N(C(=O)c3ccc([N+](=O)[O-])cc3)S(C)(=O)=O)cc2c1C(=O)c1ccc(OCCCN(CCCC)CCCC)cc1. The van der Waals surface area contributed by atoms with Gasteiger partial charge in [-0.15, -0.1) is 0 Å². The van der Waals surface area contributed by atoms with Gasteiger partial charge in [-0.25, -0.2) is 12.7 Å². The quantitative estimate of drug-likeness (QED) is 0.0385. The van der Waals surface area contributed by atoms with Crippen molar-refractivity contribution in [3.8, 4) is 5.75 Å². The summed E-state index contributed by atoms with van der Waals surface area (Å²) in [5, 5.41) is 11.5. The lowest BCUT2D eigenvalue weighted by Crippen LogP contribution is -2.36. The summed E-state index contributed by atoms with van der Waals surface area (Å²) in [5.74, 6) is -0.0508. The number of carbonyl (C=O) groups excluding carboxylic acids is 2. The fraction of sp³-hybridized carbons (Fsp3) is 0.421. The van der Waals surface area contributed by atoms with Crippen LogP contribution >= 0.6 is 0 Å². The van der Waals surface area contributed by atoms with E-state index in [1.54, 1.807) is 30.3 Å². The van der Waals surface area contributed by atoms with Crippen molar-refractivity contribution in [2.75, 3.05) is 36.8 Å². The molecule has 1 heterocycles. The zero-order valence-corrected chi connectivity index (χ0v) is 30.2. The molecule has 0 aliphatic heterocycles. The first kappa shape index (κ1) is 38.3. The van der Waals surface area contributed by atoms with Crippen molar-refractivity contribution < 1.29 is 32.1 Å². The molecular formula is C38H47N3O8S. The normalized spacial score (nSPS) is 11.6. The summed E-state index contributed by atoms with van der Waals surface area (Å²) in [6, 6.07) is 16.1. The Bertz CT molecular complexity index is 1860. The van der Waals surface area contributed by atoms with E-state index in [9.17, 15) is 28.1 Å². The van der Waals surface area contributed by atoms with Gasteiger partial charge < -0.3 is 14.1 Å². The van der Waals surface area contributed by atoms with E-state index in [0.717, 1.165) is 57.3 Å². The number of carbonyl (C=O) groups is 2. The lowest BCUT2D eigenvalue weighted by atomic mass is 9.98. The van der Waals surface area contributed by atoms with Gasteiger partial charge in [0.1, 0.15) is 17.1 Å². The second-order valence-electron chi connectivity index (χ2n) is 12.4. The zero-order valence-electron chi connectivity index (χ0n) is 29.4. The number of ketones is 1. The third-order valence-electron chi connectivity index (χ3n) is 8.46. The molecule has 0 aliphatic rings. The van der Waals surface area contributed by atoms with Gasteiger partial charge in [-0.05, 0) is 93.4 Å². The number of hydrogen-bond acceptors (Lipinski definition) is 9. The Morgan fingerprint density at radius 1 is 0.820 bits per heavy atom. The average molecular weight is 706 g/mol. The number of nitrogens with zero attached hydrogens (tertiary/aromatic N) is 3. The number of aryl methyl sites for hydroxylation is 1. The van der Waals surface area contributed by atoms with Gasteiger partial charge >= 0.3 is 0 Å². The van der Waals surface area contributed by atoms with Crippen LogP contribution in [0.15, 0.2) is 71.1 Å². The highest BCUT2D eigenvalue weighted by atomic mass is 32.2. The summed E-state index contributed by atoms with van der Waals surface area (Å²) >= 11 is 0. The van der Waals surface area contributed by atoms with Crippen molar-refractivity contribution in [3.05, 3.63) is 99.3 Å². The van der Waals surface area contributed by atoms with Crippen LogP contribution in [0.25, 0.3) is 11.0 Å². The number of hydrogen-bond donors (Lipinski definition) is 0. The van der Waals surface area contributed by atoms with Crippen LogP contribution in [0, 0.1) is 10.1 Å². The number of benzene rings is 3. The van der Waals surface area contributed by atoms with Crippen molar-refractivity contribution >= 4 is 44.1 Å². The van der Waals surface area contributed by atoms with Crippen LogP contribution in [-0.2, 0) is 16.4 Å². The molecule has 0 radical (unpaired) electrons. The van der Waals surface area contributed by atoms with E-state index in [4.69, 9.17) is 9.15 Å². The first-order valence-corrected chi connectivity index (χ1v) is 19.2. The molecule has 3 aromatic carbocycles. The number of anilines is 1. The van der Waals surface area contributed by atoms with Gasteiger partial charge in [0.15, 0.2) is 5.78 Å². The molecule has 0 N–H and O–H groups in total. The molecule has 11 nitrogen and oxygen atoms in total. The molecule has 4 aromatic rings. The maximum absolute atomic E-state index is 14.1. The van der Waals surface area contributed by atoms with E-state index in [1.807, 2.05) is 6.92 Å². The number of nitro benzene ring substituents is 1. The fourth-order valence-corrected chi connectivity index (χ4v) is 6.65. The zero-order chi connectivity index (χ0) is 36.3. The van der Waals surface area contributed by atoms with Gasteiger partial charge in [0.05, 0.1) is 29.0 Å². The van der Waals surface area contributed by atoms with Gasteiger partial charge in [-0.3, -0.25) is 19.7 Å². The van der Waals surface area contributed by atoms with Crippen LogP contribution in [0.1, 0.15) is 97.8 Å². The Morgan fingerprint density at radius 2 is 1.42 bits per heavy atom. The van der Waals surface area contributed by atoms with Crippen LogP contribution in [0.3, 0.4) is 0 Å². The molecule has 0 unspecified atom stereocenters. The largest absolute Gasteiger partial charge is 0.494 e. The number of unbranched alkanes of at least 4 members (excludes halogenated alkanes) is 3. The second kappa shape index (κ2) is 17.9. The molecule has 0 aliphatic carbocycles. The Morgan fingerprint density at radius 3 is 2.00 bits per heavy atom. The van der Waals surface area contributed by atoms with E-state index in [-0.39, 0.29) is 22.7 Å². The Hall–Kier alpha value is -4.55. The van der Waals surface area contributed by atoms with Crippen LogP contribution in [-0.4, -0.2) is 62.4 Å². The summed E-state index contributed by atoms with van der Waals surface area (Å²) in [4.78, 5) is 40.6. The molecule has 50 heavy (non-hydrogen) atoms. The van der Waals surface area contributed by atoms with Crippen LogP contribution in [0.4, 0.5) is 11.4 Å². The lowest BCUT2D eigenvalue weighted by molar-refractivity contribution is -0.384. The maximum atomic E-state index is 14.1. The minimum absolute atomic E-state index is 0.00643. The monoisotopic (exact) mass is 705 g/mol. The van der Waals surface area contributed by atoms with E-state index in [0.29, 0.717) is 50.9 Å². The molecule has 0 bridgehead atoms. The average Bonchev–Trinajstić information content (AvgIpc) is 3.46. The third kappa shape index (κ3) is 9.79. The molecular weight excluding hydrogens is 658 g/mol. The molecule has 0 atom stereocenters. The summed E-state index contributed by atoms with van der Waals surface area (Å²) in [5.41, 5.74) is 0.815. The van der Waals surface area contributed by atoms with Gasteiger partial charge in [0.2, 0.25) is 10.0 Å². The predicted molar refractivity (Wildman–Crippen MR) is 196 cm³/mol. The number of ether oxygens (including phenoxy) is 1. The second-order valence-corrected chi connectivity index (χ2v) is 14.3. The van der Waals surface area contributed by atoms with Gasteiger partial charge in [-0.1, -0.05) is 40.0 Å². The molecule has 0 saturated carbocycles. The van der Waals surface area contributed by atoms with Crippen molar-refractivity contribution in [2.45, 2.75) is 72.1 Å². The number of fused-ring (bicyclic) bond motifs is 1. The minimum atomic E-state index is -4.16. The highest BCUT2D eigenvalue weighted by Gasteiger charge is 2.29. The molecule has 12 heteroatoms. The summed E-state index contributed by atoms with van der Waals surface area (Å²) in [6.45, 7) is 10.2. The van der Waals surface area contributed by atoms with E-state index >= 15 is 0 Å². The molecule has 0 saturated heterocycles. The van der Waals surface area contributed by atoms with Gasteiger partial charge in [0.25, 0.3) is 11.6 Å². The smallest absolute Gasteiger partial charge is 0.272 e. The van der Waals surface area contributed by atoms with E-state index in [2.05, 4.69) is 18.7 Å². The lowest BCUT2D eigenvalue weighted by Gasteiger charge is -2.21. The number of sulfonamides is 1. The standard InChI is InChI=1S/C38H47N3O8S/c1-5-8-12-35-36(37(42)28-15-20-32(21-16-28)48-26-11-25-39(23-9-6-2)24-10-7-3)33-27-31(19-22-34(33)49-35)40(50(4,46)47)38(43)29-13-17-30(18-14-29)41(44)45/h13-22,27H,5-12,23-26H2,1-4H3. The van der Waals surface area contributed by atoms with Crippen molar-refractivity contribution in [2.24, 2.45) is 0 Å². The molecule has 0 spiro atoms. The Kier molecular flexibility index (Phi) is 13.7. The first-order chi connectivity index (χ1) is 24.0. The van der Waals surface area contributed by atoms with Crippen LogP contribution in [0.5, 0.6) is 5.75 Å². The number of non-ortho nitro benzene ring substituents is 1. The number of rotatable bonds is 20. The Balaban J connectivity index is 1.59. The fourth-order valence-electron chi connectivity index (χ4n) is 5.75. The number of nitro groups is 1. The minimum Gasteiger partial charge on any atom is -0.494 e. The highest BCUT2D eigenvalue weighted by molar-refractivity contribution is 7.92. The van der Waals surface area contributed by atoms with Crippen molar-refractivity contribution in [1.82, 2.24) is 4.90 Å². The van der Waals surface area contributed by atoms with E-state index in [1.165, 1.54) is 49.9 Å². The van der Waals surface area contributed by atoms with Crippen molar-refractivity contribution in [3.63, 3.8) is 0 Å². The highest BCUT2D eigenvalue weighted by Crippen LogP contribution is 2.34. The van der Waals surface area contributed by atoms with E-state index < -0.39 is 20.9 Å². The van der Waals surface area contributed by atoms with Gasteiger partial charge in [-0.2, -0.15) is 0 Å². The number of furan rings is 1. The van der Waals surface area contributed by atoms with Crippen LogP contribution in [0.2, 0.25) is 0 Å².